The number of likely N-dealkylation sites (tertiary alicyclic amines) is 1. The molecule has 0 unspecified atom stereocenters. The number of aromatic amines is 1. The highest BCUT2D eigenvalue weighted by molar-refractivity contribution is 6.05. The fourth-order valence-corrected chi connectivity index (χ4v) is 5.61. The molecule has 37 heavy (non-hydrogen) atoms. The number of rotatable bonds is 7. The van der Waals surface area contributed by atoms with Crippen LogP contribution in [0.5, 0.6) is 17.2 Å². The number of H-pyrrole nitrogens is 1. The van der Waals surface area contributed by atoms with Crippen LogP contribution in [0.25, 0.3) is 22.0 Å². The lowest BCUT2D eigenvalue weighted by Gasteiger charge is -2.18. The van der Waals surface area contributed by atoms with E-state index in [4.69, 9.17) is 9.47 Å². The zero-order chi connectivity index (χ0) is 25.2. The summed E-state index contributed by atoms with van der Waals surface area (Å²) in [4.78, 5) is 5.60. The van der Waals surface area contributed by atoms with Crippen molar-refractivity contribution >= 4 is 22.0 Å². The number of phenolic OH excluding ortho intramolecular Hbond substituents is 1. The molecule has 1 aromatic heterocycles. The number of ether oxygens (including phenoxy) is 2. The van der Waals surface area contributed by atoms with Crippen LogP contribution in [0.4, 0.5) is 4.39 Å². The number of phenols is 1. The first-order valence-corrected chi connectivity index (χ1v) is 13.0. The Morgan fingerprint density at radius 3 is 2.81 bits per heavy atom. The van der Waals surface area contributed by atoms with Crippen LogP contribution in [0.2, 0.25) is 0 Å². The normalized spacial score (nSPS) is 18.0. The van der Waals surface area contributed by atoms with Crippen molar-refractivity contribution in [2.75, 3.05) is 32.9 Å². The molecule has 190 valence electrons. The van der Waals surface area contributed by atoms with Gasteiger partial charge in [-0.3, -0.25) is 9.29 Å². The molecule has 5 nitrogen and oxygen atoms in total. The maximum absolute atomic E-state index is 12.5. The predicted octanol–water partition coefficient (Wildman–Crippen LogP) is 6.43. The summed E-state index contributed by atoms with van der Waals surface area (Å²) in [7, 11) is 0. The Kier molecular flexibility index (Phi) is 6.58. The van der Waals surface area contributed by atoms with Gasteiger partial charge in [0.05, 0.1) is 13.3 Å². The van der Waals surface area contributed by atoms with Crippen molar-refractivity contribution in [1.29, 1.82) is 0 Å². The maximum atomic E-state index is 12.5. The number of fused-ring (bicyclic) bond motifs is 2. The van der Waals surface area contributed by atoms with Gasteiger partial charge in [-0.2, -0.15) is 0 Å². The Morgan fingerprint density at radius 1 is 1.05 bits per heavy atom. The van der Waals surface area contributed by atoms with E-state index in [-0.39, 0.29) is 18.5 Å². The molecule has 0 amide bonds. The lowest BCUT2D eigenvalue weighted by Crippen LogP contribution is -2.26. The van der Waals surface area contributed by atoms with E-state index in [9.17, 15) is 9.50 Å². The maximum Gasteiger partial charge on any atom is 0.130 e. The molecule has 2 aliphatic rings. The summed E-state index contributed by atoms with van der Waals surface area (Å²) < 4.78 is 24.9. The Morgan fingerprint density at radius 2 is 1.95 bits per heavy atom. The molecule has 6 heteroatoms. The zero-order valence-corrected chi connectivity index (χ0v) is 20.8. The second kappa shape index (κ2) is 10.3. The Labute approximate surface area is 216 Å². The third kappa shape index (κ3) is 4.81. The van der Waals surface area contributed by atoms with E-state index in [1.807, 2.05) is 24.4 Å². The average molecular weight is 499 g/mol. The van der Waals surface area contributed by atoms with Crippen LogP contribution >= 0.6 is 0 Å². The lowest BCUT2D eigenvalue weighted by molar-refractivity contribution is 0.198. The summed E-state index contributed by atoms with van der Waals surface area (Å²) in [5, 5.41) is 11.3. The van der Waals surface area contributed by atoms with Crippen molar-refractivity contribution in [2.24, 2.45) is 0 Å². The topological polar surface area (TPSA) is 57.7 Å². The fourth-order valence-electron chi connectivity index (χ4n) is 5.61. The number of nitrogens with zero attached hydrogens (tertiary/aromatic N) is 1. The quantitative estimate of drug-likeness (QED) is 0.308. The molecule has 6 rings (SSSR count). The highest BCUT2D eigenvalue weighted by atomic mass is 19.1. The minimum absolute atomic E-state index is 0.126. The summed E-state index contributed by atoms with van der Waals surface area (Å²) in [6, 6.07) is 22.1. The molecule has 1 saturated heterocycles. The first kappa shape index (κ1) is 23.6. The molecule has 3 heterocycles. The van der Waals surface area contributed by atoms with Gasteiger partial charge < -0.3 is 19.6 Å². The van der Waals surface area contributed by atoms with Crippen LogP contribution in [0.3, 0.4) is 0 Å². The Balaban J connectivity index is 1.37. The van der Waals surface area contributed by atoms with Crippen LogP contribution in [0, 0.1) is 0 Å². The Bertz CT molecular complexity index is 1430. The Hall–Kier alpha value is -3.77. The van der Waals surface area contributed by atoms with E-state index in [1.54, 1.807) is 12.1 Å². The van der Waals surface area contributed by atoms with Crippen molar-refractivity contribution in [3.63, 3.8) is 0 Å². The number of benzene rings is 3. The lowest BCUT2D eigenvalue weighted by atomic mass is 9.87. The number of alkyl halides is 1. The first-order valence-electron chi connectivity index (χ1n) is 13.0. The first-order chi connectivity index (χ1) is 18.2. The molecular formula is C31H31FN2O3. The molecule has 0 aliphatic carbocycles. The van der Waals surface area contributed by atoms with Crippen molar-refractivity contribution in [3.8, 4) is 17.2 Å². The smallest absolute Gasteiger partial charge is 0.130 e. The average Bonchev–Trinajstić information content (AvgIpc) is 3.54. The molecule has 3 aromatic carbocycles. The van der Waals surface area contributed by atoms with E-state index in [0.29, 0.717) is 18.8 Å². The highest BCUT2D eigenvalue weighted by Gasteiger charge is 2.25. The number of nitrogens with one attached hydrogen (secondary N) is 1. The number of aromatic hydroxyl groups is 1. The van der Waals surface area contributed by atoms with Gasteiger partial charge in [0, 0.05) is 54.8 Å². The van der Waals surface area contributed by atoms with Gasteiger partial charge in [0.25, 0.3) is 0 Å². The molecular weight excluding hydrogens is 467 g/mol. The van der Waals surface area contributed by atoms with E-state index in [0.717, 1.165) is 60.4 Å². The second-order valence-corrected chi connectivity index (χ2v) is 9.77. The van der Waals surface area contributed by atoms with Crippen molar-refractivity contribution < 1.29 is 19.0 Å². The largest absolute Gasteiger partial charge is 0.508 e. The summed E-state index contributed by atoms with van der Waals surface area (Å²) >= 11 is 0. The number of hydrogen-bond donors (Lipinski definition) is 2. The fraction of sp³-hybridized carbons (Fsp3) is 0.290. The van der Waals surface area contributed by atoms with Gasteiger partial charge in [-0.1, -0.05) is 24.3 Å². The van der Waals surface area contributed by atoms with Gasteiger partial charge in [-0.05, 0) is 71.5 Å². The molecule has 0 spiro atoms. The molecule has 0 radical (unpaired) electrons. The van der Waals surface area contributed by atoms with Crippen LogP contribution < -0.4 is 9.47 Å². The van der Waals surface area contributed by atoms with Crippen LogP contribution in [-0.2, 0) is 0 Å². The molecule has 1 fully saturated rings. The molecule has 2 N–H and O–H groups in total. The number of halogens is 1. The third-order valence-corrected chi connectivity index (χ3v) is 7.35. The molecule has 2 aliphatic heterocycles. The molecule has 1 atom stereocenters. The number of hydrogen-bond acceptors (Lipinski definition) is 4. The van der Waals surface area contributed by atoms with E-state index >= 15 is 0 Å². The van der Waals surface area contributed by atoms with Crippen LogP contribution in [-0.4, -0.2) is 54.0 Å². The predicted molar refractivity (Wildman–Crippen MR) is 145 cm³/mol. The van der Waals surface area contributed by atoms with Crippen molar-refractivity contribution in [1.82, 2.24) is 9.88 Å². The SMILES string of the molecule is Oc1ccc2c(c1)OCCC(c1cccc3[nH]ccc13)=C2c1ccc(O[C@H]2CCN(CCCF)C2)cc1. The molecule has 4 aromatic rings. The van der Waals surface area contributed by atoms with E-state index < -0.39 is 0 Å². The van der Waals surface area contributed by atoms with Gasteiger partial charge >= 0.3 is 0 Å². The minimum Gasteiger partial charge on any atom is -0.508 e. The second-order valence-electron chi connectivity index (χ2n) is 9.77. The minimum atomic E-state index is -0.270. The summed E-state index contributed by atoms with van der Waals surface area (Å²) in [6.45, 7) is 2.84. The van der Waals surface area contributed by atoms with Crippen LogP contribution in [0.15, 0.2) is 72.9 Å². The standard InChI is InChI=1S/C31H31FN2O3/c32-14-2-16-34-17-12-24(20-34)37-23-8-5-21(6-9-23)31-27(25-3-1-4-29-26(25)11-15-33-29)13-18-36-30-19-22(35)7-10-28(30)31/h1,3-11,15,19,24,33,35H,2,12-14,16-18,20H2/t24-/m0/s1. The van der Waals surface area contributed by atoms with Crippen molar-refractivity contribution in [3.05, 3.63) is 89.6 Å². The van der Waals surface area contributed by atoms with E-state index in [2.05, 4.69) is 46.3 Å². The van der Waals surface area contributed by atoms with Crippen LogP contribution in [0.1, 0.15) is 36.0 Å². The summed E-state index contributed by atoms with van der Waals surface area (Å²) in [5.74, 6) is 1.72. The van der Waals surface area contributed by atoms with Crippen molar-refractivity contribution in [2.45, 2.75) is 25.4 Å². The monoisotopic (exact) mass is 498 g/mol. The van der Waals surface area contributed by atoms with E-state index in [1.165, 1.54) is 16.5 Å². The number of aromatic nitrogens is 1. The highest BCUT2D eigenvalue weighted by Crippen LogP contribution is 2.43. The summed E-state index contributed by atoms with van der Waals surface area (Å²) in [5.41, 5.74) is 6.63. The van der Waals surface area contributed by atoms with Gasteiger partial charge in [0.2, 0.25) is 0 Å². The van der Waals surface area contributed by atoms with Gasteiger partial charge in [0.15, 0.2) is 0 Å². The summed E-state index contributed by atoms with van der Waals surface area (Å²) in [6.07, 6.45) is 4.38. The van der Waals surface area contributed by atoms with Gasteiger partial charge in [-0.25, -0.2) is 0 Å². The van der Waals surface area contributed by atoms with Gasteiger partial charge in [-0.15, -0.1) is 0 Å². The third-order valence-electron chi connectivity index (χ3n) is 7.35. The zero-order valence-electron chi connectivity index (χ0n) is 20.8. The molecule has 0 saturated carbocycles. The molecule has 0 bridgehead atoms. The van der Waals surface area contributed by atoms with Gasteiger partial charge in [0.1, 0.15) is 23.4 Å².